The molecule has 40 heavy (non-hydrogen) atoms. The van der Waals surface area contributed by atoms with Gasteiger partial charge < -0.3 is 24.4 Å². The van der Waals surface area contributed by atoms with Gasteiger partial charge in [-0.15, -0.1) is 0 Å². The Morgan fingerprint density at radius 3 is 2.60 bits per heavy atom. The van der Waals surface area contributed by atoms with Crippen LogP contribution in [0.1, 0.15) is 46.5 Å². The summed E-state index contributed by atoms with van der Waals surface area (Å²) in [5.41, 5.74) is 3.99. The lowest BCUT2D eigenvalue weighted by atomic mass is 9.87. The van der Waals surface area contributed by atoms with Gasteiger partial charge in [-0.2, -0.15) is 4.73 Å². The SMILES string of the molecule is COc1ccc2c(c1)CCN(C(=O)Cc1ccc3oc(C(C)(O)c4cc[n+]([O-])cc4)cc3c1)C2c1ccccc1. The fourth-order valence-electron chi connectivity index (χ4n) is 5.59. The molecule has 1 N–H and O–H groups in total. The van der Waals surface area contributed by atoms with E-state index in [-0.39, 0.29) is 18.4 Å². The highest BCUT2D eigenvalue weighted by Crippen LogP contribution is 2.38. The van der Waals surface area contributed by atoms with Crippen molar-refractivity contribution in [3.8, 4) is 5.75 Å². The number of fused-ring (bicyclic) bond motifs is 2. The van der Waals surface area contributed by atoms with Gasteiger partial charge in [-0.1, -0.05) is 42.5 Å². The molecule has 1 amide bonds. The second kappa shape index (κ2) is 10.2. The van der Waals surface area contributed by atoms with E-state index in [0.29, 0.717) is 28.2 Å². The number of methoxy groups -OCH3 is 1. The number of aliphatic hydroxyl groups is 1. The van der Waals surface area contributed by atoms with E-state index in [4.69, 9.17) is 9.15 Å². The summed E-state index contributed by atoms with van der Waals surface area (Å²) in [6.45, 7) is 2.24. The number of carbonyl (C=O) groups is 1. The standard InChI is InChI=1S/C33H30N2O5/c1-33(37,26-13-15-34(38)16-14-26)30-21-25-18-22(8-11-29(25)40-30)19-31(36)35-17-12-24-20-27(39-2)9-10-28(24)32(35)23-6-4-3-5-7-23/h3-11,13-16,18,20-21,32,37H,12,17,19H2,1-2H3. The molecule has 0 bridgehead atoms. The average Bonchev–Trinajstić information content (AvgIpc) is 3.41. The minimum atomic E-state index is -1.42. The number of benzene rings is 3. The predicted molar refractivity (Wildman–Crippen MR) is 151 cm³/mol. The molecule has 2 aromatic heterocycles. The molecule has 202 valence electrons. The molecule has 7 heteroatoms. The number of furan rings is 1. The van der Waals surface area contributed by atoms with Crippen molar-refractivity contribution < 1.29 is 23.8 Å². The van der Waals surface area contributed by atoms with Crippen LogP contribution in [0.25, 0.3) is 11.0 Å². The molecule has 0 aliphatic carbocycles. The third-order valence-corrected chi connectivity index (χ3v) is 7.79. The summed E-state index contributed by atoms with van der Waals surface area (Å²) in [4.78, 5) is 15.8. The first-order valence-electron chi connectivity index (χ1n) is 13.3. The Morgan fingerprint density at radius 1 is 1.07 bits per heavy atom. The number of hydrogen-bond donors (Lipinski definition) is 1. The molecular weight excluding hydrogens is 504 g/mol. The van der Waals surface area contributed by atoms with Crippen LogP contribution in [-0.4, -0.2) is 29.6 Å². The summed E-state index contributed by atoms with van der Waals surface area (Å²) in [6, 6.07) is 26.6. The molecule has 5 aromatic rings. The van der Waals surface area contributed by atoms with Gasteiger partial charge in [0.25, 0.3) is 0 Å². The molecule has 1 aliphatic rings. The van der Waals surface area contributed by atoms with Gasteiger partial charge in [0, 0.05) is 29.6 Å². The van der Waals surface area contributed by atoms with E-state index >= 15 is 0 Å². The van der Waals surface area contributed by atoms with Crippen LogP contribution >= 0.6 is 0 Å². The van der Waals surface area contributed by atoms with Crippen LogP contribution in [0.15, 0.2) is 102 Å². The van der Waals surface area contributed by atoms with Crippen LogP contribution in [0.4, 0.5) is 0 Å². The molecule has 0 saturated carbocycles. The highest BCUT2D eigenvalue weighted by atomic mass is 16.5. The van der Waals surface area contributed by atoms with E-state index in [1.54, 1.807) is 32.2 Å². The summed E-state index contributed by atoms with van der Waals surface area (Å²) in [6.07, 6.45) is 3.68. The number of pyridine rings is 1. The highest BCUT2D eigenvalue weighted by Gasteiger charge is 2.33. The fourth-order valence-corrected chi connectivity index (χ4v) is 5.59. The number of nitrogens with zero attached hydrogens (tertiary/aromatic N) is 2. The first kappa shape index (κ1) is 25.6. The maximum Gasteiger partial charge on any atom is 0.227 e. The van der Waals surface area contributed by atoms with Crippen molar-refractivity contribution in [2.75, 3.05) is 13.7 Å². The quantitative estimate of drug-likeness (QED) is 0.243. The minimum absolute atomic E-state index is 0.0422. The summed E-state index contributed by atoms with van der Waals surface area (Å²) < 4.78 is 12.1. The van der Waals surface area contributed by atoms with Crippen molar-refractivity contribution in [2.24, 2.45) is 0 Å². The first-order valence-corrected chi connectivity index (χ1v) is 13.3. The number of hydrogen-bond acceptors (Lipinski definition) is 5. The lowest BCUT2D eigenvalue weighted by Gasteiger charge is -2.38. The van der Waals surface area contributed by atoms with Crippen LogP contribution < -0.4 is 9.47 Å². The van der Waals surface area contributed by atoms with E-state index in [2.05, 4.69) is 24.3 Å². The van der Waals surface area contributed by atoms with E-state index in [1.807, 2.05) is 47.4 Å². The Labute approximate surface area is 232 Å². The van der Waals surface area contributed by atoms with Gasteiger partial charge in [-0.05, 0) is 65.9 Å². The van der Waals surface area contributed by atoms with Gasteiger partial charge in [-0.25, -0.2) is 0 Å². The highest BCUT2D eigenvalue weighted by molar-refractivity contribution is 5.84. The molecule has 0 saturated heterocycles. The summed E-state index contributed by atoms with van der Waals surface area (Å²) in [7, 11) is 1.67. The number of carbonyl (C=O) groups excluding carboxylic acids is 1. The second-order valence-corrected chi connectivity index (χ2v) is 10.4. The van der Waals surface area contributed by atoms with Crippen LogP contribution in [-0.2, 0) is 23.2 Å². The molecule has 1 aliphatic heterocycles. The Hall–Kier alpha value is -4.62. The van der Waals surface area contributed by atoms with E-state index in [9.17, 15) is 15.1 Å². The van der Waals surface area contributed by atoms with Crippen LogP contribution in [0.5, 0.6) is 5.75 Å². The van der Waals surface area contributed by atoms with E-state index < -0.39 is 5.60 Å². The number of amides is 1. The summed E-state index contributed by atoms with van der Waals surface area (Å²) in [5.74, 6) is 1.22. The zero-order valence-corrected chi connectivity index (χ0v) is 22.4. The molecule has 0 radical (unpaired) electrons. The van der Waals surface area contributed by atoms with Crippen molar-refractivity contribution in [3.05, 3.63) is 136 Å². The van der Waals surface area contributed by atoms with Gasteiger partial charge in [0.1, 0.15) is 22.7 Å². The third-order valence-electron chi connectivity index (χ3n) is 7.79. The predicted octanol–water partition coefficient (Wildman–Crippen LogP) is 5.05. The Morgan fingerprint density at radius 2 is 1.85 bits per heavy atom. The molecule has 2 atom stereocenters. The monoisotopic (exact) mass is 534 g/mol. The van der Waals surface area contributed by atoms with Gasteiger partial charge >= 0.3 is 0 Å². The third kappa shape index (κ3) is 4.69. The second-order valence-electron chi connectivity index (χ2n) is 10.4. The van der Waals surface area contributed by atoms with Crippen LogP contribution in [0.2, 0.25) is 0 Å². The van der Waals surface area contributed by atoms with Gasteiger partial charge in [0.15, 0.2) is 12.4 Å². The van der Waals surface area contributed by atoms with E-state index in [1.165, 1.54) is 18.0 Å². The minimum Gasteiger partial charge on any atom is -0.619 e. The molecule has 0 fully saturated rings. The zero-order valence-electron chi connectivity index (χ0n) is 22.4. The van der Waals surface area contributed by atoms with Crippen molar-refractivity contribution in [1.29, 1.82) is 0 Å². The van der Waals surface area contributed by atoms with Crippen molar-refractivity contribution in [1.82, 2.24) is 4.90 Å². The smallest absolute Gasteiger partial charge is 0.227 e. The van der Waals surface area contributed by atoms with Crippen LogP contribution in [0, 0.1) is 5.21 Å². The molecule has 6 rings (SSSR count). The Bertz CT molecular complexity index is 1680. The van der Waals surface area contributed by atoms with E-state index in [0.717, 1.165) is 34.2 Å². The molecule has 0 spiro atoms. The zero-order chi connectivity index (χ0) is 27.9. The lowest BCUT2D eigenvalue weighted by Crippen LogP contribution is -2.41. The van der Waals surface area contributed by atoms with Gasteiger partial charge in [0.2, 0.25) is 5.91 Å². The molecule has 7 nitrogen and oxygen atoms in total. The van der Waals surface area contributed by atoms with Gasteiger partial charge in [-0.3, -0.25) is 4.79 Å². The van der Waals surface area contributed by atoms with Crippen LogP contribution in [0.3, 0.4) is 0 Å². The van der Waals surface area contributed by atoms with Gasteiger partial charge in [0.05, 0.1) is 19.6 Å². The normalized spacial score (nSPS) is 16.4. The molecule has 3 heterocycles. The first-order chi connectivity index (χ1) is 19.3. The van der Waals surface area contributed by atoms with Crippen molar-refractivity contribution in [2.45, 2.75) is 31.4 Å². The topological polar surface area (TPSA) is 89.8 Å². The summed E-state index contributed by atoms with van der Waals surface area (Å²) in [5, 5.41) is 23.4. The number of aromatic nitrogens is 1. The summed E-state index contributed by atoms with van der Waals surface area (Å²) >= 11 is 0. The molecule has 3 aromatic carbocycles. The largest absolute Gasteiger partial charge is 0.619 e. The number of rotatable bonds is 6. The van der Waals surface area contributed by atoms with Crippen molar-refractivity contribution in [3.63, 3.8) is 0 Å². The molecule has 2 unspecified atom stereocenters. The number of ether oxygens (including phenoxy) is 1. The average molecular weight is 535 g/mol. The lowest BCUT2D eigenvalue weighted by molar-refractivity contribution is -0.605. The maximum atomic E-state index is 13.8. The molecular formula is C33H30N2O5. The Balaban J connectivity index is 1.28. The van der Waals surface area contributed by atoms with Crippen molar-refractivity contribution >= 4 is 16.9 Å². The Kier molecular flexibility index (Phi) is 6.52. The maximum absolute atomic E-state index is 13.8. The fraction of sp³-hybridized carbons (Fsp3) is 0.212.